The molecule has 0 unspecified atom stereocenters. The summed E-state index contributed by atoms with van der Waals surface area (Å²) in [5.41, 5.74) is 0.810. The summed E-state index contributed by atoms with van der Waals surface area (Å²) < 4.78 is 33.2. The second kappa shape index (κ2) is 8.49. The van der Waals surface area contributed by atoms with Crippen LogP contribution in [0, 0.1) is 0 Å². The Kier molecular flexibility index (Phi) is 5.92. The number of halogens is 1. The highest BCUT2D eigenvalue weighted by Crippen LogP contribution is 2.33. The monoisotopic (exact) mass is 463 g/mol. The first-order valence-electron chi connectivity index (χ1n) is 9.96. The van der Waals surface area contributed by atoms with E-state index in [0.29, 0.717) is 28.4 Å². The number of fused-ring (bicyclic) bond motifs is 1. The molecule has 4 rings (SSSR count). The molecular weight excluding hydrogens is 442 g/mol. The number of anilines is 1. The molecule has 0 saturated carbocycles. The van der Waals surface area contributed by atoms with Crippen LogP contribution in [-0.2, 0) is 14.8 Å². The molecule has 2 aliphatic heterocycles. The van der Waals surface area contributed by atoms with E-state index in [1.807, 2.05) is 6.92 Å². The van der Waals surface area contributed by atoms with Gasteiger partial charge in [-0.05, 0) is 42.8 Å². The number of carbonyl (C=O) groups excluding carboxylic acids is 2. The lowest BCUT2D eigenvalue weighted by atomic mass is 10.2. The number of piperazine rings is 1. The van der Waals surface area contributed by atoms with Gasteiger partial charge in [0.2, 0.25) is 10.0 Å². The second-order valence-corrected chi connectivity index (χ2v) is 9.74. The van der Waals surface area contributed by atoms with Gasteiger partial charge in [-0.3, -0.25) is 9.59 Å². The van der Waals surface area contributed by atoms with Crippen LogP contribution >= 0.6 is 11.6 Å². The maximum Gasteiger partial charge on any atom is 0.265 e. The van der Waals surface area contributed by atoms with Gasteiger partial charge in [0.1, 0.15) is 5.75 Å². The molecule has 0 aliphatic carbocycles. The van der Waals surface area contributed by atoms with Crippen LogP contribution in [0.1, 0.15) is 23.7 Å². The number of nitrogens with one attached hydrogen (secondary N) is 1. The number of benzene rings is 2. The van der Waals surface area contributed by atoms with Gasteiger partial charge >= 0.3 is 0 Å². The molecule has 2 aromatic rings. The van der Waals surface area contributed by atoms with Gasteiger partial charge in [-0.2, -0.15) is 4.31 Å². The Labute approximate surface area is 185 Å². The fraction of sp³-hybridized carbons (Fsp3) is 0.333. The van der Waals surface area contributed by atoms with Gasteiger partial charge in [0.25, 0.3) is 11.8 Å². The molecule has 0 bridgehead atoms. The average Bonchev–Trinajstić information content (AvgIpc) is 2.77. The summed E-state index contributed by atoms with van der Waals surface area (Å²) >= 11 is 5.96. The Balaban J connectivity index is 1.47. The van der Waals surface area contributed by atoms with Gasteiger partial charge in [-0.1, -0.05) is 24.6 Å². The van der Waals surface area contributed by atoms with Crippen molar-refractivity contribution in [3.63, 3.8) is 0 Å². The normalized spacial score (nSPS) is 19.4. The van der Waals surface area contributed by atoms with Crippen molar-refractivity contribution in [3.05, 3.63) is 53.1 Å². The highest BCUT2D eigenvalue weighted by Gasteiger charge is 2.32. The highest BCUT2D eigenvalue weighted by molar-refractivity contribution is 7.89. The largest absolute Gasteiger partial charge is 0.478 e. The highest BCUT2D eigenvalue weighted by atomic mass is 35.5. The summed E-state index contributed by atoms with van der Waals surface area (Å²) in [5.74, 6) is -0.0290. The molecule has 10 heteroatoms. The van der Waals surface area contributed by atoms with E-state index in [9.17, 15) is 18.0 Å². The Morgan fingerprint density at radius 1 is 1.16 bits per heavy atom. The van der Waals surface area contributed by atoms with Crippen LogP contribution in [0.25, 0.3) is 0 Å². The third kappa shape index (κ3) is 4.26. The molecule has 1 N–H and O–H groups in total. The van der Waals surface area contributed by atoms with E-state index in [4.69, 9.17) is 16.3 Å². The number of carbonyl (C=O) groups is 2. The zero-order valence-electron chi connectivity index (χ0n) is 16.9. The Morgan fingerprint density at radius 3 is 2.58 bits per heavy atom. The van der Waals surface area contributed by atoms with Gasteiger partial charge in [-0.25, -0.2) is 8.42 Å². The van der Waals surface area contributed by atoms with E-state index in [0.717, 1.165) is 0 Å². The summed E-state index contributed by atoms with van der Waals surface area (Å²) in [6, 6.07) is 11.1. The number of ether oxygens (including phenoxy) is 1. The average molecular weight is 464 g/mol. The predicted molar refractivity (Wildman–Crippen MR) is 116 cm³/mol. The standard InChI is InChI=1S/C21H22ClN3O5S/c1-2-18-20(26)23-17-13-16(6-7-19(17)30-18)31(28,29)25-10-8-24(9-11-25)21(27)14-4-3-5-15(22)12-14/h3-7,12-13,18H,2,8-11H2,1H3,(H,23,26)/t18-/m1/s1. The van der Waals surface area contributed by atoms with Crippen LogP contribution in [0.3, 0.4) is 0 Å². The molecule has 2 aromatic carbocycles. The van der Waals surface area contributed by atoms with Gasteiger partial charge in [0, 0.05) is 36.8 Å². The van der Waals surface area contributed by atoms with Crippen molar-refractivity contribution in [2.24, 2.45) is 0 Å². The van der Waals surface area contributed by atoms with Crippen LogP contribution in [0.2, 0.25) is 5.02 Å². The second-order valence-electron chi connectivity index (χ2n) is 7.37. The Hall–Kier alpha value is -2.62. The third-order valence-electron chi connectivity index (χ3n) is 5.38. The van der Waals surface area contributed by atoms with Gasteiger partial charge < -0.3 is 15.0 Å². The van der Waals surface area contributed by atoms with Crippen LogP contribution in [0.4, 0.5) is 5.69 Å². The maximum atomic E-state index is 13.1. The Morgan fingerprint density at radius 2 is 1.90 bits per heavy atom. The minimum atomic E-state index is -3.79. The first kappa shape index (κ1) is 21.6. The molecule has 2 aliphatic rings. The van der Waals surface area contributed by atoms with Crippen LogP contribution in [0.15, 0.2) is 47.4 Å². The van der Waals surface area contributed by atoms with Crippen molar-refractivity contribution in [3.8, 4) is 5.75 Å². The number of nitrogens with zero attached hydrogens (tertiary/aromatic N) is 2. The lowest BCUT2D eigenvalue weighted by molar-refractivity contribution is -0.123. The third-order valence-corrected chi connectivity index (χ3v) is 7.51. The summed E-state index contributed by atoms with van der Waals surface area (Å²) in [5, 5.41) is 3.18. The molecule has 0 spiro atoms. The zero-order valence-corrected chi connectivity index (χ0v) is 18.4. The molecule has 1 saturated heterocycles. The number of hydrogen-bond donors (Lipinski definition) is 1. The number of rotatable bonds is 4. The van der Waals surface area contributed by atoms with Gasteiger partial charge in [-0.15, -0.1) is 0 Å². The fourth-order valence-corrected chi connectivity index (χ4v) is 5.28. The van der Waals surface area contributed by atoms with Crippen molar-refractivity contribution in [1.29, 1.82) is 0 Å². The minimum absolute atomic E-state index is 0.0692. The number of amides is 2. The first-order chi connectivity index (χ1) is 14.8. The maximum absolute atomic E-state index is 13.1. The molecule has 2 amide bonds. The molecule has 1 atom stereocenters. The van der Waals surface area contributed by atoms with E-state index >= 15 is 0 Å². The molecule has 164 valence electrons. The topological polar surface area (TPSA) is 96.0 Å². The summed E-state index contributed by atoms with van der Waals surface area (Å²) in [6.07, 6.45) is -0.0659. The molecule has 1 fully saturated rings. The van der Waals surface area contributed by atoms with Crippen molar-refractivity contribution in [2.75, 3.05) is 31.5 Å². The van der Waals surface area contributed by atoms with Crippen molar-refractivity contribution >= 4 is 39.1 Å². The van der Waals surface area contributed by atoms with E-state index in [1.54, 1.807) is 35.2 Å². The van der Waals surface area contributed by atoms with Crippen LogP contribution in [-0.4, -0.2) is 61.7 Å². The lowest BCUT2D eigenvalue weighted by Crippen LogP contribution is -2.50. The minimum Gasteiger partial charge on any atom is -0.478 e. The molecule has 0 radical (unpaired) electrons. The molecule has 2 heterocycles. The Bertz CT molecular complexity index is 1130. The quantitative estimate of drug-likeness (QED) is 0.751. The van der Waals surface area contributed by atoms with Crippen molar-refractivity contribution in [1.82, 2.24) is 9.21 Å². The summed E-state index contributed by atoms with van der Waals surface area (Å²) in [6.45, 7) is 2.73. The van der Waals surface area contributed by atoms with Crippen molar-refractivity contribution in [2.45, 2.75) is 24.3 Å². The smallest absolute Gasteiger partial charge is 0.265 e. The van der Waals surface area contributed by atoms with Gasteiger partial charge in [0.05, 0.1) is 10.6 Å². The van der Waals surface area contributed by atoms with Crippen LogP contribution < -0.4 is 10.1 Å². The number of hydrogen-bond acceptors (Lipinski definition) is 5. The lowest BCUT2D eigenvalue weighted by Gasteiger charge is -2.34. The molecule has 0 aromatic heterocycles. The van der Waals surface area contributed by atoms with Gasteiger partial charge in [0.15, 0.2) is 6.10 Å². The predicted octanol–water partition coefficient (Wildman–Crippen LogP) is 2.60. The van der Waals surface area contributed by atoms with E-state index in [-0.39, 0.29) is 42.9 Å². The molecule has 8 nitrogen and oxygen atoms in total. The van der Waals surface area contributed by atoms with Crippen molar-refractivity contribution < 1.29 is 22.7 Å². The summed E-state index contributed by atoms with van der Waals surface area (Å²) in [7, 11) is -3.79. The van der Waals surface area contributed by atoms with E-state index < -0.39 is 16.1 Å². The van der Waals surface area contributed by atoms with E-state index in [1.165, 1.54) is 16.4 Å². The first-order valence-corrected chi connectivity index (χ1v) is 11.8. The fourth-order valence-electron chi connectivity index (χ4n) is 3.64. The molecule has 31 heavy (non-hydrogen) atoms. The van der Waals surface area contributed by atoms with Crippen LogP contribution in [0.5, 0.6) is 5.75 Å². The molecular formula is C21H22ClN3O5S. The number of sulfonamides is 1. The van der Waals surface area contributed by atoms with E-state index in [2.05, 4.69) is 5.32 Å². The summed E-state index contributed by atoms with van der Waals surface area (Å²) in [4.78, 5) is 26.4. The SMILES string of the molecule is CC[C@H]1Oc2ccc(S(=O)(=O)N3CCN(C(=O)c4cccc(Cl)c4)CC3)cc2NC1=O. The zero-order chi connectivity index (χ0) is 22.2.